The second-order valence-electron chi connectivity index (χ2n) is 7.62. The summed E-state index contributed by atoms with van der Waals surface area (Å²) in [5, 5.41) is 4.95. The highest BCUT2D eigenvalue weighted by Gasteiger charge is 2.32. The van der Waals surface area contributed by atoms with Crippen LogP contribution in [0, 0.1) is 5.92 Å². The quantitative estimate of drug-likeness (QED) is 0.800. The van der Waals surface area contributed by atoms with Gasteiger partial charge in [0.15, 0.2) is 5.12 Å². The highest BCUT2D eigenvalue weighted by Crippen LogP contribution is 2.33. The van der Waals surface area contributed by atoms with Crippen LogP contribution in [0.3, 0.4) is 0 Å². The summed E-state index contributed by atoms with van der Waals surface area (Å²) in [6, 6.07) is 5.42. The van der Waals surface area contributed by atoms with Crippen LogP contribution >= 0.6 is 11.8 Å². The molecule has 1 aromatic carbocycles. The van der Waals surface area contributed by atoms with Gasteiger partial charge in [-0.25, -0.2) is 4.79 Å². The van der Waals surface area contributed by atoms with E-state index in [1.807, 2.05) is 6.07 Å². The van der Waals surface area contributed by atoms with E-state index >= 15 is 0 Å². The highest BCUT2D eigenvalue weighted by molar-refractivity contribution is 8.13. The van der Waals surface area contributed by atoms with Crippen LogP contribution in [0.2, 0.25) is 0 Å². The molecule has 1 aliphatic heterocycles. The van der Waals surface area contributed by atoms with Crippen molar-refractivity contribution in [3.8, 4) is 0 Å². The molecule has 0 bridgehead atoms. The Bertz CT molecular complexity index is 900. The summed E-state index contributed by atoms with van der Waals surface area (Å²) in [4.78, 5) is 37.8. The summed E-state index contributed by atoms with van der Waals surface area (Å²) < 4.78 is 6.61. The molecule has 1 aromatic heterocycles. The molecule has 2 aromatic rings. The van der Waals surface area contributed by atoms with E-state index in [0.717, 1.165) is 11.1 Å². The molecular weight excluding hydrogens is 366 g/mol. The number of aromatic nitrogens is 2. The van der Waals surface area contributed by atoms with Crippen LogP contribution in [0.15, 0.2) is 24.4 Å². The van der Waals surface area contributed by atoms with Gasteiger partial charge in [0.2, 0.25) is 5.91 Å². The fourth-order valence-electron chi connectivity index (χ4n) is 3.08. The van der Waals surface area contributed by atoms with Gasteiger partial charge in [-0.3, -0.25) is 9.59 Å². The molecule has 1 amide bonds. The summed E-state index contributed by atoms with van der Waals surface area (Å²) >= 11 is 1.25. The molecule has 0 N–H and O–H groups in total. The minimum absolute atomic E-state index is 0.0154. The van der Waals surface area contributed by atoms with Gasteiger partial charge in [-0.2, -0.15) is 9.78 Å². The van der Waals surface area contributed by atoms with Gasteiger partial charge in [0.1, 0.15) is 5.60 Å². The number of ether oxygens (including phenoxy) is 1. The predicted molar refractivity (Wildman–Crippen MR) is 105 cm³/mol. The van der Waals surface area contributed by atoms with E-state index in [-0.39, 0.29) is 16.9 Å². The summed E-state index contributed by atoms with van der Waals surface area (Å²) in [7, 11) is 0. The third-order valence-electron chi connectivity index (χ3n) is 4.18. The first-order valence-corrected chi connectivity index (χ1v) is 9.78. The maximum absolute atomic E-state index is 12.5. The fourth-order valence-corrected chi connectivity index (χ4v) is 3.78. The van der Waals surface area contributed by atoms with Gasteiger partial charge < -0.3 is 9.64 Å². The van der Waals surface area contributed by atoms with E-state index in [1.165, 1.54) is 23.4 Å². The summed E-state index contributed by atoms with van der Waals surface area (Å²) in [6.45, 7) is 7.47. The minimum Gasteiger partial charge on any atom is -0.442 e. The van der Waals surface area contributed by atoms with Gasteiger partial charge in [-0.15, -0.1) is 0 Å². The number of benzene rings is 1. The van der Waals surface area contributed by atoms with Crippen LogP contribution in [0.4, 0.5) is 10.5 Å². The summed E-state index contributed by atoms with van der Waals surface area (Å²) in [6.07, 6.45) is 1.44. The van der Waals surface area contributed by atoms with Gasteiger partial charge in [0, 0.05) is 31.0 Å². The molecule has 8 heteroatoms. The van der Waals surface area contributed by atoms with Crippen LogP contribution < -0.4 is 4.90 Å². The van der Waals surface area contributed by atoms with Crippen LogP contribution in [0.1, 0.15) is 34.1 Å². The number of hydrogen-bond donors (Lipinski definition) is 0. The van der Waals surface area contributed by atoms with Crippen LogP contribution in [-0.4, -0.2) is 44.8 Å². The molecule has 0 aliphatic carbocycles. The van der Waals surface area contributed by atoms with Gasteiger partial charge in [-0.05, 0) is 38.8 Å². The number of rotatable bonds is 3. The first kappa shape index (κ1) is 19.4. The lowest BCUT2D eigenvalue weighted by Gasteiger charge is -2.20. The number of nitrogens with zero attached hydrogens (tertiary/aromatic N) is 3. The van der Waals surface area contributed by atoms with Crippen molar-refractivity contribution in [2.45, 2.75) is 39.7 Å². The monoisotopic (exact) mass is 389 g/mol. The Kier molecular flexibility index (Phi) is 5.28. The lowest BCUT2D eigenvalue weighted by atomic mass is 10.1. The molecule has 0 spiro atoms. The zero-order valence-electron chi connectivity index (χ0n) is 15.9. The molecular formula is C19H23N3O4S. The SMILES string of the molecule is CC(=O)SCC1CC(=O)N(c2cccc3c2cnn3C(=O)OC(C)(C)C)C1. The second-order valence-corrected chi connectivity index (χ2v) is 8.82. The molecule has 1 unspecified atom stereocenters. The standard InChI is InChI=1S/C19H23N3O4S/c1-12(23)27-11-13-8-17(24)21(10-13)15-6-5-7-16-14(15)9-20-22(16)18(25)26-19(2,3)4/h5-7,9,13H,8,10-11H2,1-4H3. The van der Waals surface area contributed by atoms with Gasteiger partial charge in [0.05, 0.1) is 17.4 Å². The lowest BCUT2D eigenvalue weighted by molar-refractivity contribution is -0.117. The van der Waals surface area contributed by atoms with Crippen molar-refractivity contribution in [1.29, 1.82) is 0 Å². The Balaban J connectivity index is 1.87. The molecule has 0 radical (unpaired) electrons. The molecule has 3 rings (SSSR count). The molecule has 1 saturated heterocycles. The van der Waals surface area contributed by atoms with Gasteiger partial charge in [0.25, 0.3) is 0 Å². The van der Waals surface area contributed by atoms with Gasteiger partial charge in [-0.1, -0.05) is 17.8 Å². The lowest BCUT2D eigenvalue weighted by Crippen LogP contribution is -2.27. The number of carbonyl (C=O) groups is 3. The second kappa shape index (κ2) is 7.34. The predicted octanol–water partition coefficient (Wildman–Crippen LogP) is 3.45. The van der Waals surface area contributed by atoms with Crippen LogP contribution in [-0.2, 0) is 14.3 Å². The largest absolute Gasteiger partial charge is 0.442 e. The minimum atomic E-state index is -0.626. The number of carbonyl (C=O) groups excluding carboxylic acids is 3. The zero-order valence-corrected chi connectivity index (χ0v) is 16.7. The highest BCUT2D eigenvalue weighted by atomic mass is 32.2. The maximum Gasteiger partial charge on any atom is 0.435 e. The molecule has 7 nitrogen and oxygen atoms in total. The molecule has 1 atom stereocenters. The smallest absolute Gasteiger partial charge is 0.435 e. The van der Waals surface area contributed by atoms with Crippen molar-refractivity contribution < 1.29 is 19.1 Å². The van der Waals surface area contributed by atoms with Crippen LogP contribution in [0.5, 0.6) is 0 Å². The molecule has 1 fully saturated rings. The number of anilines is 1. The molecule has 27 heavy (non-hydrogen) atoms. The van der Waals surface area contributed by atoms with E-state index in [2.05, 4.69) is 5.10 Å². The summed E-state index contributed by atoms with van der Waals surface area (Å²) in [5.41, 5.74) is 0.693. The van der Waals surface area contributed by atoms with Gasteiger partial charge >= 0.3 is 6.09 Å². The average Bonchev–Trinajstić information content (AvgIpc) is 3.14. The van der Waals surface area contributed by atoms with Crippen molar-refractivity contribution in [2.75, 3.05) is 17.2 Å². The first-order valence-electron chi connectivity index (χ1n) is 8.79. The molecule has 144 valence electrons. The topological polar surface area (TPSA) is 81.5 Å². The van der Waals surface area contributed by atoms with E-state index in [0.29, 0.717) is 24.2 Å². The summed E-state index contributed by atoms with van der Waals surface area (Å²) in [5.74, 6) is 0.772. The zero-order chi connectivity index (χ0) is 19.8. The number of fused-ring (bicyclic) bond motifs is 1. The Labute approximate surface area is 162 Å². The van der Waals surface area contributed by atoms with E-state index in [4.69, 9.17) is 4.74 Å². The van der Waals surface area contributed by atoms with E-state index in [9.17, 15) is 14.4 Å². The van der Waals surface area contributed by atoms with Crippen LogP contribution in [0.25, 0.3) is 10.9 Å². The third-order valence-corrected chi connectivity index (χ3v) is 5.22. The van der Waals surface area contributed by atoms with E-state index in [1.54, 1.807) is 44.0 Å². The van der Waals surface area contributed by atoms with Crippen molar-refractivity contribution in [3.63, 3.8) is 0 Å². The Hall–Kier alpha value is -2.35. The Morgan fingerprint density at radius 3 is 2.74 bits per heavy atom. The first-order chi connectivity index (χ1) is 12.7. The van der Waals surface area contributed by atoms with Crippen molar-refractivity contribution in [1.82, 2.24) is 9.78 Å². The van der Waals surface area contributed by atoms with Crippen molar-refractivity contribution in [3.05, 3.63) is 24.4 Å². The normalized spacial score (nSPS) is 17.6. The molecule has 0 saturated carbocycles. The maximum atomic E-state index is 12.5. The van der Waals surface area contributed by atoms with Crippen molar-refractivity contribution in [2.24, 2.45) is 5.92 Å². The Morgan fingerprint density at radius 1 is 1.33 bits per heavy atom. The number of amides is 1. The number of hydrogen-bond acceptors (Lipinski definition) is 6. The number of thioether (sulfide) groups is 1. The molecule has 2 heterocycles. The van der Waals surface area contributed by atoms with Crippen molar-refractivity contribution >= 4 is 45.5 Å². The Morgan fingerprint density at radius 2 is 2.07 bits per heavy atom. The molecule has 1 aliphatic rings. The van der Waals surface area contributed by atoms with E-state index < -0.39 is 11.7 Å². The fraction of sp³-hybridized carbons (Fsp3) is 0.474. The third kappa shape index (κ3) is 4.32. The average molecular weight is 389 g/mol.